The van der Waals surface area contributed by atoms with Crippen LogP contribution < -0.4 is 9.47 Å². The summed E-state index contributed by atoms with van der Waals surface area (Å²) in [6.07, 6.45) is 5.80. The summed E-state index contributed by atoms with van der Waals surface area (Å²) in [5.74, 6) is 0.299. The van der Waals surface area contributed by atoms with Gasteiger partial charge in [0, 0.05) is 12.5 Å². The molecule has 0 radical (unpaired) electrons. The van der Waals surface area contributed by atoms with Gasteiger partial charge in [-0.05, 0) is 61.1 Å². The Kier molecular flexibility index (Phi) is 7.20. The molecule has 0 fully saturated rings. The highest BCUT2D eigenvalue weighted by atomic mass is 16.5. The second-order valence-corrected chi connectivity index (χ2v) is 10.0. The van der Waals surface area contributed by atoms with Crippen LogP contribution in [0, 0.1) is 0 Å². The number of esters is 2. The van der Waals surface area contributed by atoms with Gasteiger partial charge in [0.1, 0.15) is 17.1 Å². The van der Waals surface area contributed by atoms with E-state index in [0.717, 1.165) is 29.5 Å². The van der Waals surface area contributed by atoms with E-state index < -0.39 is 17.5 Å². The van der Waals surface area contributed by atoms with Gasteiger partial charge in [-0.3, -0.25) is 4.79 Å². The van der Waals surface area contributed by atoms with E-state index in [2.05, 4.69) is 26.8 Å². The first-order chi connectivity index (χ1) is 15.5. The Morgan fingerprint density at radius 2 is 1.79 bits per heavy atom. The minimum absolute atomic E-state index is 0.112. The standard InChI is InChI=1S/C28H36O5/c1-8-9-10-11-14-27(3,4)20-16-23(32-18(2)29)25-21-15-19(26(30)31-7)12-13-22(21)28(5,6)33-24(25)17-20/h12-13,15-17H,8-11,14H2,1-7H3. The number of hydrogen-bond donors (Lipinski definition) is 0. The number of rotatable bonds is 8. The molecule has 0 amide bonds. The Balaban J connectivity index is 2.17. The monoisotopic (exact) mass is 452 g/mol. The molecular formula is C28H36O5. The first-order valence-corrected chi connectivity index (χ1v) is 11.8. The van der Waals surface area contributed by atoms with Crippen molar-refractivity contribution in [3.05, 3.63) is 47.0 Å². The molecule has 1 aliphatic rings. The number of benzene rings is 2. The van der Waals surface area contributed by atoms with Crippen LogP contribution in [0.5, 0.6) is 11.5 Å². The van der Waals surface area contributed by atoms with Gasteiger partial charge >= 0.3 is 11.9 Å². The van der Waals surface area contributed by atoms with Crippen LogP contribution in [0.3, 0.4) is 0 Å². The van der Waals surface area contributed by atoms with Gasteiger partial charge in [0.15, 0.2) is 0 Å². The van der Waals surface area contributed by atoms with Crippen molar-refractivity contribution in [1.82, 2.24) is 0 Å². The van der Waals surface area contributed by atoms with Crippen LogP contribution in [0.25, 0.3) is 11.1 Å². The van der Waals surface area contributed by atoms with Crippen LogP contribution in [-0.2, 0) is 20.5 Å². The molecule has 0 saturated carbocycles. The largest absolute Gasteiger partial charge is 0.482 e. The van der Waals surface area contributed by atoms with Gasteiger partial charge in [0.25, 0.3) is 0 Å². The molecule has 3 rings (SSSR count). The number of carbonyl (C=O) groups excluding carboxylic acids is 2. The zero-order chi connectivity index (χ0) is 24.4. The lowest BCUT2D eigenvalue weighted by atomic mass is 9.77. The third-order valence-corrected chi connectivity index (χ3v) is 6.48. The molecule has 2 aromatic rings. The van der Waals surface area contributed by atoms with Crippen LogP contribution >= 0.6 is 0 Å². The number of fused-ring (bicyclic) bond motifs is 3. The highest BCUT2D eigenvalue weighted by molar-refractivity contribution is 5.93. The Morgan fingerprint density at radius 3 is 2.42 bits per heavy atom. The third kappa shape index (κ3) is 5.23. The molecule has 5 nitrogen and oxygen atoms in total. The first kappa shape index (κ1) is 24.8. The fourth-order valence-corrected chi connectivity index (χ4v) is 4.55. The highest BCUT2D eigenvalue weighted by Gasteiger charge is 2.36. The Hall–Kier alpha value is -2.82. The minimum Gasteiger partial charge on any atom is -0.482 e. The SMILES string of the molecule is CCCCCCC(C)(C)c1cc(OC(C)=O)c2c(c1)OC(C)(C)c1ccc(C(=O)OC)cc1-2. The van der Waals surface area contributed by atoms with Gasteiger partial charge in [-0.15, -0.1) is 0 Å². The number of methoxy groups -OCH3 is 1. The molecule has 0 unspecified atom stereocenters. The minimum atomic E-state index is -0.617. The second kappa shape index (κ2) is 9.58. The normalized spacial score (nSPS) is 14.0. The molecule has 1 aliphatic heterocycles. The van der Waals surface area contributed by atoms with Crippen molar-refractivity contribution in [3.63, 3.8) is 0 Å². The maximum atomic E-state index is 12.2. The van der Waals surface area contributed by atoms with Crippen molar-refractivity contribution in [3.8, 4) is 22.6 Å². The summed E-state index contributed by atoms with van der Waals surface area (Å²) in [6.45, 7) is 12.0. The second-order valence-electron chi connectivity index (χ2n) is 10.0. The molecule has 0 bridgehead atoms. The fourth-order valence-electron chi connectivity index (χ4n) is 4.55. The summed E-state index contributed by atoms with van der Waals surface area (Å²) >= 11 is 0. The quantitative estimate of drug-likeness (QED) is 0.247. The van der Waals surface area contributed by atoms with Crippen LogP contribution in [0.2, 0.25) is 0 Å². The number of ether oxygens (including phenoxy) is 3. The summed E-state index contributed by atoms with van der Waals surface area (Å²) < 4.78 is 17.1. The van der Waals surface area contributed by atoms with E-state index in [1.165, 1.54) is 33.3 Å². The van der Waals surface area contributed by atoms with Crippen molar-refractivity contribution >= 4 is 11.9 Å². The van der Waals surface area contributed by atoms with E-state index in [1.54, 1.807) is 12.1 Å². The van der Waals surface area contributed by atoms with Gasteiger partial charge < -0.3 is 14.2 Å². The molecule has 0 aliphatic carbocycles. The molecule has 2 aromatic carbocycles. The van der Waals surface area contributed by atoms with Crippen molar-refractivity contribution in [2.24, 2.45) is 0 Å². The van der Waals surface area contributed by atoms with Crippen LogP contribution in [0.4, 0.5) is 0 Å². The van der Waals surface area contributed by atoms with E-state index in [1.807, 2.05) is 26.0 Å². The number of hydrogen-bond acceptors (Lipinski definition) is 5. The lowest BCUT2D eigenvalue weighted by Crippen LogP contribution is -2.30. The molecule has 5 heteroatoms. The molecule has 178 valence electrons. The highest BCUT2D eigenvalue weighted by Crippen LogP contribution is 2.51. The maximum Gasteiger partial charge on any atom is 0.337 e. The average Bonchev–Trinajstić information content (AvgIpc) is 2.74. The van der Waals surface area contributed by atoms with E-state index in [0.29, 0.717) is 22.6 Å². The van der Waals surface area contributed by atoms with Gasteiger partial charge in [0.05, 0.1) is 18.2 Å². The topological polar surface area (TPSA) is 61.8 Å². The third-order valence-electron chi connectivity index (χ3n) is 6.48. The van der Waals surface area contributed by atoms with Gasteiger partial charge in [-0.2, -0.15) is 0 Å². The smallest absolute Gasteiger partial charge is 0.337 e. The molecule has 0 spiro atoms. The van der Waals surface area contributed by atoms with Gasteiger partial charge in [0.2, 0.25) is 0 Å². The molecule has 1 heterocycles. The number of unbranched alkanes of at least 4 members (excludes halogenated alkanes) is 3. The summed E-state index contributed by atoms with van der Waals surface area (Å²) in [6, 6.07) is 9.44. The zero-order valence-electron chi connectivity index (χ0n) is 21.0. The molecule has 0 saturated heterocycles. The summed E-state index contributed by atoms with van der Waals surface area (Å²) in [5.41, 5.74) is 3.20. The van der Waals surface area contributed by atoms with Crippen LogP contribution in [-0.4, -0.2) is 19.0 Å². The zero-order valence-corrected chi connectivity index (χ0v) is 21.0. The van der Waals surface area contributed by atoms with Crippen molar-refractivity contribution < 1.29 is 23.8 Å². The Morgan fingerprint density at radius 1 is 1.06 bits per heavy atom. The average molecular weight is 453 g/mol. The summed E-state index contributed by atoms with van der Waals surface area (Å²) in [4.78, 5) is 24.3. The number of carbonyl (C=O) groups is 2. The fraction of sp³-hybridized carbons (Fsp3) is 0.500. The predicted molar refractivity (Wildman–Crippen MR) is 130 cm³/mol. The molecule has 0 atom stereocenters. The van der Waals surface area contributed by atoms with Crippen molar-refractivity contribution in [2.75, 3.05) is 7.11 Å². The molecule has 0 N–H and O–H groups in total. The van der Waals surface area contributed by atoms with Crippen molar-refractivity contribution in [1.29, 1.82) is 0 Å². The van der Waals surface area contributed by atoms with E-state index in [4.69, 9.17) is 14.2 Å². The van der Waals surface area contributed by atoms with Crippen LogP contribution in [0.15, 0.2) is 30.3 Å². The van der Waals surface area contributed by atoms with E-state index in [9.17, 15) is 9.59 Å². The summed E-state index contributed by atoms with van der Waals surface area (Å²) in [7, 11) is 1.36. The Labute approximate surface area is 197 Å². The van der Waals surface area contributed by atoms with Crippen LogP contribution in [0.1, 0.15) is 95.1 Å². The van der Waals surface area contributed by atoms with Crippen molar-refractivity contribution in [2.45, 2.75) is 84.7 Å². The lowest BCUT2D eigenvalue weighted by Gasteiger charge is -2.37. The Bertz CT molecular complexity index is 1050. The molecular weight excluding hydrogens is 416 g/mol. The first-order valence-electron chi connectivity index (χ1n) is 11.8. The molecule has 33 heavy (non-hydrogen) atoms. The predicted octanol–water partition coefficient (Wildman–Crippen LogP) is 6.94. The van der Waals surface area contributed by atoms with Gasteiger partial charge in [-0.1, -0.05) is 52.5 Å². The van der Waals surface area contributed by atoms with Gasteiger partial charge in [-0.25, -0.2) is 4.79 Å². The van der Waals surface area contributed by atoms with E-state index >= 15 is 0 Å². The molecule has 0 aromatic heterocycles. The maximum absolute atomic E-state index is 12.2. The summed E-state index contributed by atoms with van der Waals surface area (Å²) in [5, 5.41) is 0. The lowest BCUT2D eigenvalue weighted by molar-refractivity contribution is -0.131. The van der Waals surface area contributed by atoms with E-state index in [-0.39, 0.29) is 5.41 Å².